The first-order chi connectivity index (χ1) is 14.6. The molecule has 0 saturated heterocycles. The van der Waals surface area contributed by atoms with Crippen molar-refractivity contribution in [2.75, 3.05) is 12.4 Å². The lowest BCUT2D eigenvalue weighted by atomic mass is 10.1. The molecule has 1 unspecified atom stereocenters. The Hall–Kier alpha value is -4.07. The second kappa shape index (κ2) is 8.52. The van der Waals surface area contributed by atoms with Crippen molar-refractivity contribution in [1.82, 2.24) is 15.5 Å². The fourth-order valence-electron chi connectivity index (χ4n) is 3.22. The van der Waals surface area contributed by atoms with E-state index in [0.29, 0.717) is 12.1 Å². The predicted octanol–water partition coefficient (Wildman–Crippen LogP) is 4.04. The fourth-order valence-corrected chi connectivity index (χ4v) is 3.22. The Labute approximate surface area is 172 Å². The van der Waals surface area contributed by atoms with Crippen LogP contribution in [-0.2, 0) is 6.42 Å². The van der Waals surface area contributed by atoms with Crippen molar-refractivity contribution in [2.24, 2.45) is 0 Å². The first kappa shape index (κ1) is 19.3. The molecule has 3 N–H and O–H groups in total. The van der Waals surface area contributed by atoms with E-state index in [2.05, 4.69) is 25.3 Å². The van der Waals surface area contributed by atoms with Crippen molar-refractivity contribution in [3.05, 3.63) is 78.1 Å². The Morgan fingerprint density at radius 2 is 1.87 bits per heavy atom. The molecule has 8 heteroatoms. The molecule has 1 heterocycles. The van der Waals surface area contributed by atoms with Crippen molar-refractivity contribution < 1.29 is 19.2 Å². The summed E-state index contributed by atoms with van der Waals surface area (Å²) in [5, 5.41) is 20.9. The van der Waals surface area contributed by atoms with Crippen LogP contribution in [0.3, 0.4) is 0 Å². The van der Waals surface area contributed by atoms with Gasteiger partial charge in [0.2, 0.25) is 0 Å². The van der Waals surface area contributed by atoms with Gasteiger partial charge in [-0.3, -0.25) is 4.52 Å². The molecule has 152 valence electrons. The van der Waals surface area contributed by atoms with Gasteiger partial charge in [-0.05, 0) is 29.1 Å². The van der Waals surface area contributed by atoms with Crippen LogP contribution in [-0.4, -0.2) is 28.4 Å². The van der Waals surface area contributed by atoms with E-state index in [-0.39, 0.29) is 5.82 Å². The van der Waals surface area contributed by atoms with Crippen molar-refractivity contribution in [3.8, 4) is 11.8 Å². The molecule has 0 spiro atoms. The number of hydrogen-bond donors (Lipinski definition) is 3. The Bertz CT molecular complexity index is 1150. The van der Waals surface area contributed by atoms with E-state index in [1.807, 2.05) is 66.7 Å². The molecule has 1 aromatic heterocycles. The average Bonchev–Trinajstić information content (AvgIpc) is 3.20. The van der Waals surface area contributed by atoms with Crippen LogP contribution in [0.4, 0.5) is 10.5 Å². The molecule has 0 fully saturated rings. The van der Waals surface area contributed by atoms with Gasteiger partial charge in [-0.15, -0.1) is 0 Å². The molecular formula is C22H20N4O4. The van der Waals surface area contributed by atoms with E-state index in [4.69, 9.17) is 4.74 Å². The second-order valence-electron chi connectivity index (χ2n) is 6.67. The minimum Gasteiger partial charge on any atom is -0.497 e. The van der Waals surface area contributed by atoms with Gasteiger partial charge in [-0.1, -0.05) is 53.7 Å². The van der Waals surface area contributed by atoms with Crippen molar-refractivity contribution >= 4 is 22.5 Å². The van der Waals surface area contributed by atoms with Crippen LogP contribution in [0.2, 0.25) is 0 Å². The third-order valence-corrected chi connectivity index (χ3v) is 4.68. The number of amides is 2. The molecule has 0 bridgehead atoms. The van der Waals surface area contributed by atoms with E-state index >= 15 is 0 Å². The SMILES string of the molecule is COc1ccc(CC(NC(=O)Nc2cccc3ccccc23)c2noc(O)n2)cc1. The van der Waals surface area contributed by atoms with Gasteiger partial charge in [0, 0.05) is 11.8 Å². The molecule has 8 nitrogen and oxygen atoms in total. The zero-order valence-electron chi connectivity index (χ0n) is 16.2. The lowest BCUT2D eigenvalue weighted by molar-refractivity contribution is 0.247. The number of nitrogens with one attached hydrogen (secondary N) is 2. The third-order valence-electron chi connectivity index (χ3n) is 4.68. The molecule has 30 heavy (non-hydrogen) atoms. The molecule has 2 amide bonds. The predicted molar refractivity (Wildman–Crippen MR) is 112 cm³/mol. The molecule has 4 aromatic rings. The summed E-state index contributed by atoms with van der Waals surface area (Å²) in [7, 11) is 1.60. The number of benzene rings is 3. The van der Waals surface area contributed by atoms with Crippen molar-refractivity contribution in [2.45, 2.75) is 12.5 Å². The normalized spacial score (nSPS) is 11.8. The minimum absolute atomic E-state index is 0.177. The molecule has 0 aliphatic heterocycles. The monoisotopic (exact) mass is 404 g/mol. The van der Waals surface area contributed by atoms with Crippen molar-refractivity contribution in [1.29, 1.82) is 0 Å². The van der Waals surface area contributed by atoms with Gasteiger partial charge in [0.15, 0.2) is 5.82 Å². The van der Waals surface area contributed by atoms with Crippen LogP contribution >= 0.6 is 0 Å². The maximum atomic E-state index is 12.7. The van der Waals surface area contributed by atoms with Gasteiger partial charge in [-0.25, -0.2) is 4.79 Å². The number of carbonyl (C=O) groups excluding carboxylic acids is 1. The summed E-state index contributed by atoms with van der Waals surface area (Å²) in [5.41, 5.74) is 1.61. The zero-order valence-corrected chi connectivity index (χ0v) is 16.2. The number of urea groups is 1. The molecule has 1 atom stereocenters. The summed E-state index contributed by atoms with van der Waals surface area (Å²) >= 11 is 0. The topological polar surface area (TPSA) is 110 Å². The summed E-state index contributed by atoms with van der Waals surface area (Å²) in [5.74, 6) is 0.908. The first-order valence-corrected chi connectivity index (χ1v) is 9.33. The highest BCUT2D eigenvalue weighted by atomic mass is 16.6. The Kier molecular flexibility index (Phi) is 5.47. The number of rotatable bonds is 6. The number of nitrogens with zero attached hydrogens (tertiary/aromatic N) is 2. The zero-order chi connectivity index (χ0) is 20.9. The van der Waals surface area contributed by atoms with E-state index in [0.717, 1.165) is 22.1 Å². The highest BCUT2D eigenvalue weighted by molar-refractivity contribution is 6.01. The first-order valence-electron chi connectivity index (χ1n) is 9.33. The lowest BCUT2D eigenvalue weighted by Gasteiger charge is -2.17. The summed E-state index contributed by atoms with van der Waals surface area (Å²) < 4.78 is 9.86. The summed E-state index contributed by atoms with van der Waals surface area (Å²) in [6, 6.07) is 19.9. The fraction of sp³-hybridized carbons (Fsp3) is 0.136. The van der Waals surface area contributed by atoms with Gasteiger partial charge in [0.1, 0.15) is 5.75 Å². The van der Waals surface area contributed by atoms with E-state index in [1.165, 1.54) is 0 Å². The van der Waals surface area contributed by atoms with Crippen LogP contribution in [0.25, 0.3) is 10.8 Å². The largest absolute Gasteiger partial charge is 0.497 e. The third kappa shape index (κ3) is 4.33. The van der Waals surface area contributed by atoms with E-state index in [1.54, 1.807) is 7.11 Å². The van der Waals surface area contributed by atoms with Crippen LogP contribution in [0.1, 0.15) is 17.4 Å². The molecule has 0 radical (unpaired) electrons. The van der Waals surface area contributed by atoms with Gasteiger partial charge >= 0.3 is 12.1 Å². The van der Waals surface area contributed by atoms with E-state index in [9.17, 15) is 9.90 Å². The molecule has 0 aliphatic rings. The van der Waals surface area contributed by atoms with Gasteiger partial charge in [-0.2, -0.15) is 4.98 Å². The summed E-state index contributed by atoms with van der Waals surface area (Å²) in [6.07, 6.45) is -0.160. The van der Waals surface area contributed by atoms with Crippen molar-refractivity contribution in [3.63, 3.8) is 0 Å². The summed E-state index contributed by atoms with van der Waals surface area (Å²) in [4.78, 5) is 16.6. The minimum atomic E-state index is -0.613. The number of aromatic hydroxyl groups is 1. The Morgan fingerprint density at radius 3 is 2.60 bits per heavy atom. The highest BCUT2D eigenvalue weighted by Gasteiger charge is 2.21. The van der Waals surface area contributed by atoms with Gasteiger partial charge < -0.3 is 20.5 Å². The van der Waals surface area contributed by atoms with Gasteiger partial charge in [0.05, 0.1) is 18.8 Å². The molecule has 0 saturated carbocycles. The van der Waals surface area contributed by atoms with Crippen LogP contribution in [0, 0.1) is 0 Å². The highest BCUT2D eigenvalue weighted by Crippen LogP contribution is 2.24. The maximum absolute atomic E-state index is 12.7. The van der Waals surface area contributed by atoms with Crippen LogP contribution < -0.4 is 15.4 Å². The number of methoxy groups -OCH3 is 1. The Balaban J connectivity index is 1.54. The van der Waals surface area contributed by atoms with Crippen LogP contribution in [0.5, 0.6) is 11.8 Å². The second-order valence-corrected chi connectivity index (χ2v) is 6.67. The summed E-state index contributed by atoms with van der Waals surface area (Å²) in [6.45, 7) is 0. The lowest BCUT2D eigenvalue weighted by Crippen LogP contribution is -2.34. The number of aromatic nitrogens is 2. The number of anilines is 1. The average molecular weight is 404 g/mol. The quantitative estimate of drug-likeness (QED) is 0.447. The molecule has 3 aromatic carbocycles. The molecule has 0 aliphatic carbocycles. The molecular weight excluding hydrogens is 384 g/mol. The Morgan fingerprint density at radius 1 is 1.10 bits per heavy atom. The number of hydrogen-bond acceptors (Lipinski definition) is 6. The number of ether oxygens (including phenoxy) is 1. The number of fused-ring (bicyclic) bond motifs is 1. The van der Waals surface area contributed by atoms with Gasteiger partial charge in [0.25, 0.3) is 0 Å². The molecule has 4 rings (SSSR count). The van der Waals surface area contributed by atoms with E-state index < -0.39 is 18.1 Å². The number of carbonyl (C=O) groups is 1. The van der Waals surface area contributed by atoms with Crippen LogP contribution in [0.15, 0.2) is 71.3 Å². The maximum Gasteiger partial charge on any atom is 0.414 e. The smallest absolute Gasteiger partial charge is 0.414 e. The standard InChI is InChI=1S/C22H20N4O4/c1-29-16-11-9-14(10-12-16)13-19(20-25-22(28)30-26-20)24-21(27)23-18-8-4-6-15-5-2-3-7-17(15)18/h2-12,19H,13H2,1H3,(H2,23,24,27)(H,25,26,28).